The number of benzene rings is 2. The minimum atomic E-state index is 0.605. The van der Waals surface area contributed by atoms with Crippen molar-refractivity contribution in [2.24, 2.45) is 0 Å². The number of aromatic nitrogens is 3. The summed E-state index contributed by atoms with van der Waals surface area (Å²) in [6.07, 6.45) is 4.60. The summed E-state index contributed by atoms with van der Waals surface area (Å²) in [7, 11) is 0. The van der Waals surface area contributed by atoms with Crippen molar-refractivity contribution in [1.29, 1.82) is 0 Å². The highest BCUT2D eigenvalue weighted by atomic mass is 32.1. The van der Waals surface area contributed by atoms with E-state index in [1.54, 1.807) is 0 Å². The maximum absolute atomic E-state index is 5.85. The van der Waals surface area contributed by atoms with Crippen molar-refractivity contribution in [2.45, 2.75) is 18.9 Å². The number of nitrogens with zero attached hydrogens (tertiary/aromatic N) is 5. The lowest BCUT2D eigenvalue weighted by Crippen LogP contribution is -2.59. The molecule has 0 amide bonds. The fourth-order valence-electron chi connectivity index (χ4n) is 4.44. The molecule has 2 fully saturated rings. The van der Waals surface area contributed by atoms with Crippen LogP contribution in [0.5, 0.6) is 0 Å². The molecule has 2 aromatic heterocycles. The summed E-state index contributed by atoms with van der Waals surface area (Å²) in [6, 6.07) is 13.2. The van der Waals surface area contributed by atoms with Gasteiger partial charge in [0.2, 0.25) is 0 Å². The number of anilines is 2. The number of likely N-dealkylation sites (tertiary alicyclic amines) is 1. The van der Waals surface area contributed by atoms with Gasteiger partial charge in [-0.2, -0.15) is 0 Å². The molecule has 0 saturated carbocycles. The van der Waals surface area contributed by atoms with Gasteiger partial charge < -0.3 is 10.6 Å². The Bertz CT molecular complexity index is 1210. The quantitative estimate of drug-likeness (QED) is 0.562. The number of nitrogens with two attached hydrogens (primary N) is 1. The number of hydrogen-bond donors (Lipinski definition) is 1. The highest BCUT2D eigenvalue weighted by Gasteiger charge is 2.33. The van der Waals surface area contributed by atoms with E-state index in [0.29, 0.717) is 11.2 Å². The number of rotatable bonds is 3. The van der Waals surface area contributed by atoms with Gasteiger partial charge in [0.05, 0.1) is 27.4 Å². The zero-order chi connectivity index (χ0) is 19.4. The van der Waals surface area contributed by atoms with E-state index in [0.717, 1.165) is 51.3 Å². The van der Waals surface area contributed by atoms with Gasteiger partial charge in [-0.3, -0.25) is 9.88 Å². The fraction of sp³-hybridized carbons (Fsp3) is 0.318. The van der Waals surface area contributed by atoms with Gasteiger partial charge in [0.15, 0.2) is 5.13 Å². The third-order valence-corrected chi connectivity index (χ3v) is 6.96. The van der Waals surface area contributed by atoms with Gasteiger partial charge in [-0.1, -0.05) is 23.5 Å². The van der Waals surface area contributed by atoms with Crippen molar-refractivity contribution < 1.29 is 0 Å². The molecule has 4 aromatic rings. The minimum absolute atomic E-state index is 0.605. The van der Waals surface area contributed by atoms with Crippen molar-refractivity contribution in [3.63, 3.8) is 0 Å². The van der Waals surface area contributed by atoms with Gasteiger partial charge in [0.1, 0.15) is 5.82 Å². The van der Waals surface area contributed by atoms with Crippen LogP contribution in [-0.2, 0) is 0 Å². The molecule has 2 N–H and O–H groups in total. The molecule has 0 aliphatic carbocycles. The normalized spacial score (nSPS) is 18.0. The zero-order valence-corrected chi connectivity index (χ0v) is 16.9. The van der Waals surface area contributed by atoms with E-state index >= 15 is 0 Å². The van der Waals surface area contributed by atoms with Crippen LogP contribution in [0.3, 0.4) is 0 Å². The zero-order valence-electron chi connectivity index (χ0n) is 16.1. The van der Waals surface area contributed by atoms with E-state index in [9.17, 15) is 0 Å². The Labute approximate surface area is 173 Å². The third-order valence-electron chi connectivity index (χ3n) is 6.11. The van der Waals surface area contributed by atoms with Gasteiger partial charge in [-0.25, -0.2) is 9.97 Å². The first-order valence-electron chi connectivity index (χ1n) is 10.2. The van der Waals surface area contributed by atoms with E-state index in [1.807, 2.05) is 12.3 Å². The van der Waals surface area contributed by atoms with E-state index in [-0.39, 0.29) is 0 Å². The summed E-state index contributed by atoms with van der Waals surface area (Å²) in [6.45, 7) is 4.62. The van der Waals surface area contributed by atoms with Crippen LogP contribution >= 0.6 is 11.3 Å². The SMILES string of the molecule is Nc1nc2ccc(-c3ccc4ncc(N5CC(N6CCCC6)C5)nc4c3)cc2s1. The van der Waals surface area contributed by atoms with E-state index < -0.39 is 0 Å². The molecule has 0 unspecified atom stereocenters. The fourth-order valence-corrected chi connectivity index (χ4v) is 5.21. The summed E-state index contributed by atoms with van der Waals surface area (Å²) in [5.74, 6) is 0.982. The van der Waals surface area contributed by atoms with Gasteiger partial charge in [-0.15, -0.1) is 0 Å². The molecule has 2 saturated heterocycles. The second-order valence-electron chi connectivity index (χ2n) is 7.97. The second-order valence-corrected chi connectivity index (χ2v) is 9.03. The molecular weight excluding hydrogens is 380 g/mol. The van der Waals surface area contributed by atoms with Gasteiger partial charge in [-0.05, 0) is 61.3 Å². The molecule has 6 rings (SSSR count). The monoisotopic (exact) mass is 402 g/mol. The van der Waals surface area contributed by atoms with Crippen molar-refractivity contribution >= 4 is 43.5 Å². The predicted octanol–water partition coefficient (Wildman–Crippen LogP) is 3.77. The summed E-state index contributed by atoms with van der Waals surface area (Å²) in [5.41, 5.74) is 10.9. The standard InChI is InChI=1S/C22H22N6S/c23-22-26-18-6-4-15(10-20(18)29-22)14-3-5-17-19(9-14)25-21(11-24-17)28-12-16(13-28)27-7-1-2-8-27/h3-6,9-11,16H,1-2,7-8,12-13H2,(H2,23,26). The van der Waals surface area contributed by atoms with Crippen molar-refractivity contribution in [2.75, 3.05) is 36.8 Å². The maximum atomic E-state index is 5.85. The number of nitrogen functional groups attached to an aromatic ring is 1. The number of hydrogen-bond acceptors (Lipinski definition) is 7. The Kier molecular flexibility index (Phi) is 3.92. The molecule has 2 aliphatic rings. The smallest absolute Gasteiger partial charge is 0.181 e. The third kappa shape index (κ3) is 3.01. The van der Waals surface area contributed by atoms with Crippen LogP contribution in [0, 0.1) is 0 Å². The Morgan fingerprint density at radius 2 is 1.66 bits per heavy atom. The second kappa shape index (κ2) is 6.64. The lowest BCUT2D eigenvalue weighted by Gasteiger charge is -2.44. The highest BCUT2D eigenvalue weighted by molar-refractivity contribution is 7.22. The first-order valence-corrected chi connectivity index (χ1v) is 11.0. The number of thiazole rings is 1. The van der Waals surface area contributed by atoms with Crippen LogP contribution < -0.4 is 10.6 Å². The first-order chi connectivity index (χ1) is 14.2. The van der Waals surface area contributed by atoms with E-state index in [4.69, 9.17) is 10.7 Å². The van der Waals surface area contributed by atoms with Crippen LogP contribution in [0.15, 0.2) is 42.6 Å². The van der Waals surface area contributed by atoms with Crippen molar-refractivity contribution in [1.82, 2.24) is 19.9 Å². The molecule has 146 valence electrons. The van der Waals surface area contributed by atoms with Crippen LogP contribution in [0.1, 0.15) is 12.8 Å². The molecule has 6 nitrogen and oxygen atoms in total. The van der Waals surface area contributed by atoms with E-state index in [2.05, 4.69) is 50.1 Å². The molecule has 0 spiro atoms. The lowest BCUT2D eigenvalue weighted by molar-refractivity contribution is 0.204. The van der Waals surface area contributed by atoms with Crippen LogP contribution in [-0.4, -0.2) is 52.1 Å². The first kappa shape index (κ1) is 17.1. The minimum Gasteiger partial charge on any atom is -0.375 e. The Morgan fingerprint density at radius 1 is 0.897 bits per heavy atom. The largest absolute Gasteiger partial charge is 0.375 e. The van der Waals surface area contributed by atoms with Gasteiger partial charge >= 0.3 is 0 Å². The van der Waals surface area contributed by atoms with Crippen LogP contribution in [0.2, 0.25) is 0 Å². The predicted molar refractivity (Wildman–Crippen MR) is 119 cm³/mol. The molecule has 0 radical (unpaired) electrons. The molecule has 2 aromatic carbocycles. The average molecular weight is 403 g/mol. The molecule has 7 heteroatoms. The Hall–Kier alpha value is -2.77. The Morgan fingerprint density at radius 3 is 2.48 bits per heavy atom. The molecule has 0 atom stereocenters. The average Bonchev–Trinajstić information content (AvgIpc) is 3.34. The number of fused-ring (bicyclic) bond motifs is 2. The van der Waals surface area contributed by atoms with Crippen LogP contribution in [0.4, 0.5) is 10.9 Å². The molecule has 0 bridgehead atoms. The Balaban J connectivity index is 1.29. The van der Waals surface area contributed by atoms with Crippen molar-refractivity contribution in [3.05, 3.63) is 42.6 Å². The lowest BCUT2D eigenvalue weighted by atomic mass is 10.0. The molecule has 4 heterocycles. The van der Waals surface area contributed by atoms with Gasteiger partial charge in [0, 0.05) is 19.1 Å². The maximum Gasteiger partial charge on any atom is 0.181 e. The summed E-state index contributed by atoms with van der Waals surface area (Å²) in [4.78, 5) is 18.9. The topological polar surface area (TPSA) is 71.2 Å². The van der Waals surface area contributed by atoms with Gasteiger partial charge in [0.25, 0.3) is 0 Å². The highest BCUT2D eigenvalue weighted by Crippen LogP contribution is 2.31. The summed E-state index contributed by atoms with van der Waals surface area (Å²) < 4.78 is 1.11. The molecule has 29 heavy (non-hydrogen) atoms. The summed E-state index contributed by atoms with van der Waals surface area (Å²) in [5, 5.41) is 0.605. The van der Waals surface area contributed by atoms with E-state index in [1.165, 1.54) is 37.3 Å². The van der Waals surface area contributed by atoms with Crippen molar-refractivity contribution in [3.8, 4) is 11.1 Å². The molecular formula is C22H22N6S. The molecule has 2 aliphatic heterocycles. The summed E-state index contributed by atoms with van der Waals surface area (Å²) >= 11 is 1.52. The van der Waals surface area contributed by atoms with Crippen LogP contribution in [0.25, 0.3) is 32.4 Å².